The number of esters is 3. The zero-order valence-electron chi connectivity index (χ0n) is 25.6. The molecule has 42 heavy (non-hydrogen) atoms. The van der Waals surface area contributed by atoms with Gasteiger partial charge in [-0.05, 0) is 46.2 Å². The third-order valence-corrected chi connectivity index (χ3v) is 9.06. The number of hydrogen-bond donors (Lipinski definition) is 2. The summed E-state index contributed by atoms with van der Waals surface area (Å²) in [6.07, 6.45) is -1.96. The minimum atomic E-state index is -2.33. The van der Waals surface area contributed by atoms with E-state index in [2.05, 4.69) is 6.58 Å². The molecular formula is C28H48ClNO12. The Bertz CT molecular complexity index is 1050. The van der Waals surface area contributed by atoms with Crippen LogP contribution in [0.15, 0.2) is 12.7 Å². The lowest BCUT2D eigenvalue weighted by Gasteiger charge is -2.71. The number of carbonyl (C=O) groups is 4. The zero-order chi connectivity index (χ0) is 29.8. The van der Waals surface area contributed by atoms with E-state index in [-0.39, 0.29) is 42.7 Å². The predicted octanol–water partition coefficient (Wildman–Crippen LogP) is -0.0520. The van der Waals surface area contributed by atoms with Crippen molar-refractivity contribution in [3.05, 3.63) is 12.7 Å². The number of aliphatic hydroxyl groups excluding tert-OH is 1. The molecule has 2 aliphatic carbocycles. The number of ether oxygens (including phenoxy) is 4. The van der Waals surface area contributed by atoms with Crippen LogP contribution in [0.5, 0.6) is 0 Å². The van der Waals surface area contributed by atoms with Crippen molar-refractivity contribution in [2.24, 2.45) is 16.7 Å². The van der Waals surface area contributed by atoms with Crippen LogP contribution in [-0.2, 0) is 38.1 Å². The van der Waals surface area contributed by atoms with Crippen LogP contribution in [-0.4, -0.2) is 112 Å². The molecule has 0 amide bonds. The number of hydrogen-bond acceptors (Lipinski definition) is 11. The molecule has 0 bridgehead atoms. The maximum atomic E-state index is 14.0. The third kappa shape index (κ3) is 6.23. The molecule has 2 saturated carbocycles. The van der Waals surface area contributed by atoms with E-state index in [0.29, 0.717) is 6.42 Å². The highest BCUT2D eigenvalue weighted by Crippen LogP contribution is 2.67. The summed E-state index contributed by atoms with van der Waals surface area (Å²) in [6.45, 7) is 12.6. The van der Waals surface area contributed by atoms with Crippen molar-refractivity contribution < 1.29 is 59.3 Å². The third-order valence-electron chi connectivity index (χ3n) is 9.06. The van der Waals surface area contributed by atoms with Crippen LogP contribution in [0, 0.1) is 16.7 Å². The number of fused-ring (bicyclic) bond motifs is 3. The van der Waals surface area contributed by atoms with E-state index in [1.165, 1.54) is 13.0 Å². The summed E-state index contributed by atoms with van der Waals surface area (Å²) in [5.41, 5.74) is -7.80. The van der Waals surface area contributed by atoms with Crippen LogP contribution < -0.4 is 0 Å². The fourth-order valence-electron chi connectivity index (χ4n) is 7.37. The number of carbonyl (C=O) groups excluding carboxylic acids is 4. The smallest absolute Gasteiger partial charge is 0.344 e. The van der Waals surface area contributed by atoms with Crippen LogP contribution in [0.25, 0.3) is 0 Å². The van der Waals surface area contributed by atoms with Gasteiger partial charge in [-0.15, -0.1) is 19.0 Å². The molecule has 8 atom stereocenters. The maximum Gasteiger partial charge on any atom is 0.344 e. The van der Waals surface area contributed by atoms with Gasteiger partial charge in [0.05, 0.1) is 18.2 Å². The van der Waals surface area contributed by atoms with Gasteiger partial charge in [0.2, 0.25) is 0 Å². The largest absolute Gasteiger partial charge is 0.455 e. The lowest BCUT2D eigenvalue weighted by Crippen LogP contribution is -2.87. The molecule has 3 fully saturated rings. The maximum absolute atomic E-state index is 14.0. The van der Waals surface area contributed by atoms with Crippen LogP contribution in [0.4, 0.5) is 0 Å². The first-order chi connectivity index (χ1) is 17.8. The molecule has 0 aromatic carbocycles. The van der Waals surface area contributed by atoms with Crippen LogP contribution in [0.3, 0.4) is 0 Å². The SMILES string of the molecule is C=C[C@@]1(C)CC(=O)[C@]2(O)[C@@]3(C)[C@@H](O)CCC(C)(C)[C@@H]3[C@H](OC(=O)COC(=O)CN(C)C)[C@H](OC(C)=O)[C@@]2(C)O1.Cl.O.O. The Labute approximate surface area is 252 Å². The average molecular weight is 626 g/mol. The first kappa shape index (κ1) is 39.9. The van der Waals surface area contributed by atoms with Crippen molar-refractivity contribution in [3.63, 3.8) is 0 Å². The summed E-state index contributed by atoms with van der Waals surface area (Å²) >= 11 is 0. The highest BCUT2D eigenvalue weighted by atomic mass is 35.5. The first-order valence-corrected chi connectivity index (χ1v) is 13.2. The van der Waals surface area contributed by atoms with Gasteiger partial charge in [-0.25, -0.2) is 4.79 Å². The Kier molecular flexibility index (Phi) is 12.6. The number of halogens is 1. The standard InChI is InChI=1S/C28H43NO10.ClH.2H2O/c1-10-25(5)13-18(32)28(35)26(6)17(31)11-12-24(3,4)22(26)21(23(37-16(2)30)27(28,7)39-25)38-20(34)15-36-19(33)14-29(8)9;;;/h10,17,21-23,31,35H,1,11-15H2,2-9H3;1H;2*1H2/t17-,21-,22-,23-,25-,26-,27+,28-;;;/m0.../s1. The van der Waals surface area contributed by atoms with Crippen molar-refractivity contribution in [2.45, 2.75) is 95.9 Å². The number of ketones is 1. The van der Waals surface area contributed by atoms with E-state index >= 15 is 0 Å². The first-order valence-electron chi connectivity index (χ1n) is 13.2. The second-order valence-corrected chi connectivity index (χ2v) is 12.7. The monoisotopic (exact) mass is 625 g/mol. The Morgan fingerprint density at radius 2 is 1.67 bits per heavy atom. The fourth-order valence-corrected chi connectivity index (χ4v) is 7.37. The van der Waals surface area contributed by atoms with Gasteiger partial charge in [0.25, 0.3) is 0 Å². The molecule has 13 nitrogen and oxygen atoms in total. The van der Waals surface area contributed by atoms with Gasteiger partial charge in [0.15, 0.2) is 24.1 Å². The number of rotatable bonds is 7. The highest BCUT2D eigenvalue weighted by Gasteiger charge is 2.82. The summed E-state index contributed by atoms with van der Waals surface area (Å²) in [7, 11) is 3.35. The molecule has 0 radical (unpaired) electrons. The van der Waals surface area contributed by atoms with Crippen molar-refractivity contribution >= 4 is 36.1 Å². The molecule has 0 aromatic heterocycles. The summed E-state index contributed by atoms with van der Waals surface area (Å²) < 4.78 is 23.2. The second-order valence-electron chi connectivity index (χ2n) is 12.7. The Morgan fingerprint density at radius 3 is 2.17 bits per heavy atom. The van der Waals surface area contributed by atoms with E-state index in [9.17, 15) is 29.4 Å². The molecule has 1 aliphatic heterocycles. The molecule has 0 aromatic rings. The fraction of sp³-hybridized carbons (Fsp3) is 0.786. The van der Waals surface area contributed by atoms with Crippen molar-refractivity contribution in [3.8, 4) is 0 Å². The van der Waals surface area contributed by atoms with Crippen molar-refractivity contribution in [2.75, 3.05) is 27.2 Å². The minimum absolute atomic E-state index is 0. The molecule has 244 valence electrons. The average Bonchev–Trinajstić information content (AvgIpc) is 2.80. The van der Waals surface area contributed by atoms with Crippen LogP contribution in [0.1, 0.15) is 60.8 Å². The summed E-state index contributed by atoms with van der Waals surface area (Å²) in [5.74, 6) is -3.76. The molecule has 3 rings (SSSR count). The van der Waals surface area contributed by atoms with Crippen molar-refractivity contribution in [1.82, 2.24) is 4.90 Å². The van der Waals surface area contributed by atoms with Gasteiger partial charge in [-0.3, -0.25) is 19.3 Å². The lowest BCUT2D eigenvalue weighted by atomic mass is 9.39. The van der Waals surface area contributed by atoms with Gasteiger partial charge >= 0.3 is 17.9 Å². The molecule has 3 aliphatic rings. The van der Waals surface area contributed by atoms with E-state index in [4.69, 9.17) is 18.9 Å². The van der Waals surface area contributed by atoms with E-state index < -0.39 is 82.2 Å². The van der Waals surface area contributed by atoms with Gasteiger partial charge in [-0.2, -0.15) is 0 Å². The summed E-state index contributed by atoms with van der Waals surface area (Å²) in [5, 5.41) is 24.0. The van der Waals surface area contributed by atoms with Crippen molar-refractivity contribution in [1.29, 1.82) is 0 Å². The quantitative estimate of drug-likeness (QED) is 0.217. The summed E-state index contributed by atoms with van der Waals surface area (Å²) in [6, 6.07) is 0. The second kappa shape index (κ2) is 13.2. The van der Waals surface area contributed by atoms with E-state index in [1.54, 1.807) is 32.8 Å². The Balaban J connectivity index is 0.00000560. The number of aliphatic hydroxyl groups is 2. The van der Waals surface area contributed by atoms with Crippen LogP contribution in [0.2, 0.25) is 0 Å². The predicted molar refractivity (Wildman–Crippen MR) is 153 cm³/mol. The number of Topliss-reactive ketones (excluding diaryl/α,β-unsaturated/α-hetero) is 1. The molecule has 0 unspecified atom stereocenters. The molecule has 1 saturated heterocycles. The molecule has 14 heteroatoms. The molecule has 6 N–H and O–H groups in total. The zero-order valence-corrected chi connectivity index (χ0v) is 26.5. The van der Waals surface area contributed by atoms with E-state index in [1.807, 2.05) is 13.8 Å². The Hall–Kier alpha value is -2.13. The number of likely N-dealkylation sites (N-methyl/N-ethyl adjacent to an activating group) is 1. The minimum Gasteiger partial charge on any atom is -0.455 e. The Morgan fingerprint density at radius 1 is 1.10 bits per heavy atom. The topological polar surface area (TPSA) is 212 Å². The lowest BCUT2D eigenvalue weighted by molar-refractivity contribution is -0.371. The van der Waals surface area contributed by atoms with E-state index in [0.717, 1.165) is 6.92 Å². The van der Waals surface area contributed by atoms with Gasteiger partial charge in [-0.1, -0.05) is 26.8 Å². The number of nitrogens with zero attached hydrogens (tertiary/aromatic N) is 1. The molecular weight excluding hydrogens is 578 g/mol. The van der Waals surface area contributed by atoms with Gasteiger partial charge in [0.1, 0.15) is 11.7 Å². The van der Waals surface area contributed by atoms with Gasteiger partial charge < -0.3 is 40.1 Å². The highest BCUT2D eigenvalue weighted by molar-refractivity contribution is 5.92. The normalized spacial score (nSPS) is 38.2. The van der Waals surface area contributed by atoms with Gasteiger partial charge in [0, 0.05) is 24.7 Å². The molecule has 1 heterocycles. The van der Waals surface area contributed by atoms with Crippen LogP contribution >= 0.6 is 12.4 Å². The summed E-state index contributed by atoms with van der Waals surface area (Å²) in [4.78, 5) is 53.1. The molecule has 0 spiro atoms.